The van der Waals surface area contributed by atoms with E-state index in [9.17, 15) is 9.59 Å². The van der Waals surface area contributed by atoms with Crippen molar-refractivity contribution in [2.45, 2.75) is 19.8 Å². The number of aliphatic carboxylic acids is 1. The summed E-state index contributed by atoms with van der Waals surface area (Å²) >= 11 is 6.02. The fourth-order valence-corrected chi connectivity index (χ4v) is 2.71. The topological polar surface area (TPSA) is 69.6 Å². The molecule has 0 aliphatic carbocycles. The van der Waals surface area contributed by atoms with Crippen molar-refractivity contribution in [1.82, 2.24) is 4.90 Å². The molecule has 1 fully saturated rings. The maximum atomic E-state index is 12.1. The average molecular weight is 311 g/mol. The molecule has 1 atom stereocenters. The van der Waals surface area contributed by atoms with Crippen LogP contribution in [-0.4, -0.2) is 41.5 Å². The molecule has 1 aliphatic rings. The van der Waals surface area contributed by atoms with Gasteiger partial charge < -0.3 is 10.4 Å². The highest BCUT2D eigenvalue weighted by Crippen LogP contribution is 2.23. The van der Waals surface area contributed by atoms with E-state index in [1.165, 1.54) is 0 Å². The van der Waals surface area contributed by atoms with Crippen molar-refractivity contribution in [3.8, 4) is 0 Å². The van der Waals surface area contributed by atoms with Crippen LogP contribution < -0.4 is 5.32 Å². The zero-order valence-corrected chi connectivity index (χ0v) is 12.7. The van der Waals surface area contributed by atoms with Gasteiger partial charge in [-0.25, -0.2) is 0 Å². The molecule has 1 aliphatic heterocycles. The number of likely N-dealkylation sites (tertiary alicyclic amines) is 1. The second-order valence-corrected chi connectivity index (χ2v) is 5.78. The zero-order chi connectivity index (χ0) is 15.4. The Morgan fingerprint density at radius 2 is 2.24 bits per heavy atom. The number of nitrogens with zero attached hydrogens (tertiary/aromatic N) is 1. The molecule has 6 heteroatoms. The second kappa shape index (κ2) is 6.91. The quantitative estimate of drug-likeness (QED) is 0.896. The second-order valence-electron chi connectivity index (χ2n) is 5.37. The van der Waals surface area contributed by atoms with Gasteiger partial charge in [0.25, 0.3) is 0 Å². The Bertz CT molecular complexity index is 548. The molecule has 2 rings (SSSR count). The van der Waals surface area contributed by atoms with Crippen molar-refractivity contribution in [2.75, 3.05) is 25.0 Å². The first-order valence-corrected chi connectivity index (χ1v) is 7.35. The fraction of sp³-hybridized carbons (Fsp3) is 0.467. The van der Waals surface area contributed by atoms with Crippen LogP contribution >= 0.6 is 11.6 Å². The van der Waals surface area contributed by atoms with Gasteiger partial charge >= 0.3 is 5.97 Å². The molecule has 0 aromatic heterocycles. The number of benzene rings is 1. The van der Waals surface area contributed by atoms with Crippen molar-refractivity contribution in [3.05, 3.63) is 28.8 Å². The Labute approximate surface area is 128 Å². The maximum absolute atomic E-state index is 12.1. The van der Waals surface area contributed by atoms with Crippen LogP contribution in [-0.2, 0) is 9.59 Å². The van der Waals surface area contributed by atoms with E-state index < -0.39 is 5.97 Å². The SMILES string of the molecule is Cc1c(Cl)cccc1NC(=O)CN1CCCC(C(=O)O)C1. The number of carbonyl (C=O) groups excluding carboxylic acids is 1. The first-order chi connectivity index (χ1) is 9.97. The number of carboxylic acid groups (broad SMARTS) is 1. The van der Waals surface area contributed by atoms with E-state index in [1.807, 2.05) is 11.8 Å². The van der Waals surface area contributed by atoms with Crippen LogP contribution in [0.3, 0.4) is 0 Å². The van der Waals surface area contributed by atoms with Crippen LogP contribution in [0.1, 0.15) is 18.4 Å². The smallest absolute Gasteiger partial charge is 0.307 e. The standard InChI is InChI=1S/C15H19ClN2O3/c1-10-12(16)5-2-6-13(10)17-14(19)9-18-7-3-4-11(8-18)15(20)21/h2,5-6,11H,3-4,7-9H2,1H3,(H,17,19)(H,20,21). The lowest BCUT2D eigenvalue weighted by Crippen LogP contribution is -2.42. The third kappa shape index (κ3) is 4.19. The highest BCUT2D eigenvalue weighted by molar-refractivity contribution is 6.31. The molecule has 21 heavy (non-hydrogen) atoms. The summed E-state index contributed by atoms with van der Waals surface area (Å²) < 4.78 is 0. The summed E-state index contributed by atoms with van der Waals surface area (Å²) in [4.78, 5) is 25.0. The number of nitrogens with one attached hydrogen (secondary N) is 1. The minimum Gasteiger partial charge on any atom is -0.481 e. The molecule has 1 aromatic carbocycles. The number of carbonyl (C=O) groups is 2. The number of piperidine rings is 1. The molecular formula is C15H19ClN2O3. The highest BCUT2D eigenvalue weighted by atomic mass is 35.5. The summed E-state index contributed by atoms with van der Waals surface area (Å²) in [5, 5.41) is 12.5. The Balaban J connectivity index is 1.92. The third-order valence-corrected chi connectivity index (χ3v) is 4.17. The van der Waals surface area contributed by atoms with Gasteiger partial charge in [-0.2, -0.15) is 0 Å². The summed E-state index contributed by atoms with van der Waals surface area (Å²) in [7, 11) is 0. The van der Waals surface area contributed by atoms with Gasteiger partial charge in [0.05, 0.1) is 12.5 Å². The van der Waals surface area contributed by atoms with Crippen molar-refractivity contribution in [1.29, 1.82) is 0 Å². The van der Waals surface area contributed by atoms with Crippen LogP contribution in [0.5, 0.6) is 0 Å². The van der Waals surface area contributed by atoms with Crippen LogP contribution in [0.2, 0.25) is 5.02 Å². The predicted molar refractivity (Wildman–Crippen MR) is 81.6 cm³/mol. The lowest BCUT2D eigenvalue weighted by atomic mass is 9.98. The summed E-state index contributed by atoms with van der Waals surface area (Å²) in [6.45, 7) is 3.23. The van der Waals surface area contributed by atoms with E-state index >= 15 is 0 Å². The molecule has 1 aromatic rings. The number of anilines is 1. The molecule has 1 amide bonds. The fourth-order valence-electron chi connectivity index (χ4n) is 2.54. The normalized spacial score (nSPS) is 19.2. The van der Waals surface area contributed by atoms with Gasteiger partial charge in [0.15, 0.2) is 0 Å². The molecule has 0 radical (unpaired) electrons. The van der Waals surface area contributed by atoms with E-state index in [-0.39, 0.29) is 18.4 Å². The molecule has 1 saturated heterocycles. The molecule has 1 heterocycles. The van der Waals surface area contributed by atoms with E-state index in [4.69, 9.17) is 16.7 Å². The Morgan fingerprint density at radius 3 is 2.95 bits per heavy atom. The number of hydrogen-bond donors (Lipinski definition) is 2. The van der Waals surface area contributed by atoms with Gasteiger partial charge in [-0.1, -0.05) is 17.7 Å². The number of hydrogen-bond acceptors (Lipinski definition) is 3. The molecule has 0 bridgehead atoms. The van der Waals surface area contributed by atoms with Crippen LogP contribution in [0.4, 0.5) is 5.69 Å². The van der Waals surface area contributed by atoms with Gasteiger partial charge in [0.1, 0.15) is 0 Å². The van der Waals surface area contributed by atoms with E-state index in [2.05, 4.69) is 5.32 Å². The molecular weight excluding hydrogens is 292 g/mol. The molecule has 0 spiro atoms. The summed E-state index contributed by atoms with van der Waals surface area (Å²) in [6.07, 6.45) is 1.49. The zero-order valence-electron chi connectivity index (χ0n) is 11.9. The monoisotopic (exact) mass is 310 g/mol. The maximum Gasteiger partial charge on any atom is 0.307 e. The van der Waals surface area contributed by atoms with E-state index in [0.717, 1.165) is 18.5 Å². The van der Waals surface area contributed by atoms with Gasteiger partial charge in [-0.15, -0.1) is 0 Å². The van der Waals surface area contributed by atoms with Crippen molar-refractivity contribution < 1.29 is 14.7 Å². The van der Waals surface area contributed by atoms with Gasteiger partial charge in [-0.3, -0.25) is 14.5 Å². The molecule has 2 N–H and O–H groups in total. The molecule has 0 saturated carbocycles. The van der Waals surface area contributed by atoms with E-state index in [0.29, 0.717) is 23.7 Å². The van der Waals surface area contributed by atoms with Crippen LogP contribution in [0.15, 0.2) is 18.2 Å². The number of rotatable bonds is 4. The number of carboxylic acids is 1. The van der Waals surface area contributed by atoms with Crippen LogP contribution in [0.25, 0.3) is 0 Å². The molecule has 114 valence electrons. The van der Waals surface area contributed by atoms with Gasteiger partial charge in [0.2, 0.25) is 5.91 Å². The first kappa shape index (κ1) is 15.8. The average Bonchev–Trinajstić information content (AvgIpc) is 2.44. The minimum absolute atomic E-state index is 0.147. The summed E-state index contributed by atoms with van der Waals surface area (Å²) in [6, 6.07) is 5.36. The Hall–Kier alpha value is -1.59. The minimum atomic E-state index is -0.786. The predicted octanol–water partition coefficient (Wildman–Crippen LogP) is 2.38. The largest absolute Gasteiger partial charge is 0.481 e. The van der Waals surface area contributed by atoms with E-state index in [1.54, 1.807) is 18.2 Å². The van der Waals surface area contributed by atoms with Gasteiger partial charge in [-0.05, 0) is 44.0 Å². The molecule has 1 unspecified atom stereocenters. The lowest BCUT2D eigenvalue weighted by Gasteiger charge is -2.30. The lowest BCUT2D eigenvalue weighted by molar-refractivity contribution is -0.144. The van der Waals surface area contributed by atoms with Crippen molar-refractivity contribution >= 4 is 29.2 Å². The van der Waals surface area contributed by atoms with Crippen molar-refractivity contribution in [2.24, 2.45) is 5.92 Å². The van der Waals surface area contributed by atoms with Gasteiger partial charge in [0, 0.05) is 17.3 Å². The summed E-state index contributed by atoms with van der Waals surface area (Å²) in [5.41, 5.74) is 1.52. The Morgan fingerprint density at radius 1 is 1.48 bits per heavy atom. The van der Waals surface area contributed by atoms with Crippen LogP contribution in [0, 0.1) is 12.8 Å². The highest BCUT2D eigenvalue weighted by Gasteiger charge is 2.26. The first-order valence-electron chi connectivity index (χ1n) is 6.97. The molecule has 5 nitrogen and oxygen atoms in total. The third-order valence-electron chi connectivity index (χ3n) is 3.76. The van der Waals surface area contributed by atoms with Crippen molar-refractivity contribution in [3.63, 3.8) is 0 Å². The summed E-state index contributed by atoms with van der Waals surface area (Å²) in [5.74, 6) is -1.31. The number of halogens is 1. The Kier molecular flexibility index (Phi) is 5.20. The number of amides is 1.